The summed E-state index contributed by atoms with van der Waals surface area (Å²) in [4.78, 5) is 6.54. The predicted octanol–water partition coefficient (Wildman–Crippen LogP) is 3.99. The Morgan fingerprint density at radius 3 is 2.72 bits per heavy atom. The lowest BCUT2D eigenvalue weighted by Crippen LogP contribution is -2.17. The number of aryl methyl sites for hydroxylation is 1. The highest BCUT2D eigenvalue weighted by atomic mass is 79.9. The molecule has 0 saturated heterocycles. The highest BCUT2D eigenvalue weighted by Gasteiger charge is 2.06. The van der Waals surface area contributed by atoms with Gasteiger partial charge in [0.25, 0.3) is 0 Å². The van der Waals surface area contributed by atoms with Gasteiger partial charge in [-0.15, -0.1) is 11.3 Å². The maximum atomic E-state index is 13.2. The van der Waals surface area contributed by atoms with Crippen molar-refractivity contribution in [3.05, 3.63) is 50.1 Å². The number of rotatable bonds is 4. The quantitative estimate of drug-likeness (QED) is 0.843. The van der Waals surface area contributed by atoms with Gasteiger partial charge in [-0.1, -0.05) is 15.9 Å². The van der Waals surface area contributed by atoms with Crippen molar-refractivity contribution < 1.29 is 4.39 Å². The Bertz CT molecular complexity index is 521. The van der Waals surface area contributed by atoms with Gasteiger partial charge >= 0.3 is 0 Å². The molecule has 0 N–H and O–H groups in total. The molecule has 2 rings (SSSR count). The van der Waals surface area contributed by atoms with Crippen molar-refractivity contribution >= 4 is 27.3 Å². The van der Waals surface area contributed by atoms with Crippen LogP contribution < -0.4 is 0 Å². The van der Waals surface area contributed by atoms with Crippen molar-refractivity contribution in [1.29, 1.82) is 0 Å². The Balaban J connectivity index is 2.00. The third-order valence-electron chi connectivity index (χ3n) is 2.47. The van der Waals surface area contributed by atoms with Crippen molar-refractivity contribution in [1.82, 2.24) is 9.88 Å². The van der Waals surface area contributed by atoms with Crippen molar-refractivity contribution in [3.8, 4) is 0 Å². The maximum Gasteiger partial charge on any atom is 0.124 e. The van der Waals surface area contributed by atoms with Gasteiger partial charge in [0.1, 0.15) is 5.82 Å². The van der Waals surface area contributed by atoms with Crippen LogP contribution in [0.3, 0.4) is 0 Å². The molecule has 0 aliphatic heterocycles. The molecule has 2 nitrogen and oxygen atoms in total. The molecule has 1 aromatic heterocycles. The molecule has 0 saturated carbocycles. The maximum absolute atomic E-state index is 13.2. The standard InChI is InChI=1S/C13H14BrFN2S/c1-9-16-13(8-18-9)7-17(2)6-10-3-11(14)5-12(15)4-10/h3-5,8H,6-7H2,1-2H3. The van der Waals surface area contributed by atoms with Gasteiger partial charge in [-0.2, -0.15) is 0 Å². The highest BCUT2D eigenvalue weighted by molar-refractivity contribution is 9.10. The van der Waals surface area contributed by atoms with Gasteiger partial charge < -0.3 is 0 Å². The van der Waals surface area contributed by atoms with Crippen LogP contribution in [0.2, 0.25) is 0 Å². The van der Waals surface area contributed by atoms with E-state index >= 15 is 0 Å². The van der Waals surface area contributed by atoms with Gasteiger partial charge in [-0.05, 0) is 37.7 Å². The van der Waals surface area contributed by atoms with Gasteiger partial charge in [0.15, 0.2) is 0 Å². The number of hydrogen-bond acceptors (Lipinski definition) is 3. The molecular formula is C13H14BrFN2S. The van der Waals surface area contributed by atoms with E-state index in [0.717, 1.165) is 27.3 Å². The summed E-state index contributed by atoms with van der Waals surface area (Å²) in [7, 11) is 2.01. The Hall–Kier alpha value is -0.780. The first-order valence-electron chi connectivity index (χ1n) is 5.57. The zero-order valence-corrected chi connectivity index (χ0v) is 12.7. The molecule has 0 spiro atoms. The molecule has 0 amide bonds. The molecule has 1 heterocycles. The number of aromatic nitrogens is 1. The predicted molar refractivity (Wildman–Crippen MR) is 76.1 cm³/mol. The largest absolute Gasteiger partial charge is 0.296 e. The second-order valence-corrected chi connectivity index (χ2v) is 6.29. The molecule has 18 heavy (non-hydrogen) atoms. The molecule has 0 atom stereocenters. The fraction of sp³-hybridized carbons (Fsp3) is 0.308. The second-order valence-electron chi connectivity index (χ2n) is 4.31. The smallest absolute Gasteiger partial charge is 0.124 e. The second kappa shape index (κ2) is 5.91. The minimum atomic E-state index is -0.211. The van der Waals surface area contributed by atoms with E-state index in [-0.39, 0.29) is 5.82 Å². The van der Waals surface area contributed by atoms with Crippen LogP contribution in [-0.2, 0) is 13.1 Å². The summed E-state index contributed by atoms with van der Waals surface area (Å²) < 4.78 is 14.0. The molecule has 0 unspecified atom stereocenters. The first-order valence-corrected chi connectivity index (χ1v) is 7.25. The zero-order valence-electron chi connectivity index (χ0n) is 10.3. The molecule has 0 fully saturated rings. The summed E-state index contributed by atoms with van der Waals surface area (Å²) in [6.45, 7) is 3.48. The average Bonchev–Trinajstić information content (AvgIpc) is 2.61. The van der Waals surface area contributed by atoms with Gasteiger partial charge in [-0.3, -0.25) is 4.90 Å². The van der Waals surface area contributed by atoms with Gasteiger partial charge in [-0.25, -0.2) is 9.37 Å². The minimum Gasteiger partial charge on any atom is -0.296 e. The van der Waals surface area contributed by atoms with Crippen LogP contribution in [0.4, 0.5) is 4.39 Å². The number of thiazole rings is 1. The Morgan fingerprint density at radius 1 is 1.33 bits per heavy atom. The molecule has 5 heteroatoms. The Morgan fingerprint density at radius 2 is 2.11 bits per heavy atom. The first kappa shape index (κ1) is 13.6. The lowest BCUT2D eigenvalue weighted by Gasteiger charge is -2.15. The van der Waals surface area contributed by atoms with Gasteiger partial charge in [0.2, 0.25) is 0 Å². The van der Waals surface area contributed by atoms with Crippen molar-refractivity contribution in [2.45, 2.75) is 20.0 Å². The fourth-order valence-corrected chi connectivity index (χ4v) is 2.94. The van der Waals surface area contributed by atoms with Crippen LogP contribution in [0, 0.1) is 12.7 Å². The van der Waals surface area contributed by atoms with E-state index in [1.54, 1.807) is 17.4 Å². The molecule has 0 aliphatic rings. The zero-order chi connectivity index (χ0) is 13.1. The molecule has 0 radical (unpaired) electrons. The van der Waals surface area contributed by atoms with Crippen LogP contribution >= 0.6 is 27.3 Å². The average molecular weight is 329 g/mol. The lowest BCUT2D eigenvalue weighted by atomic mass is 10.2. The van der Waals surface area contributed by atoms with E-state index in [4.69, 9.17) is 0 Å². The molecule has 0 aliphatic carbocycles. The molecule has 1 aromatic carbocycles. The van der Waals surface area contributed by atoms with Gasteiger partial charge in [0, 0.05) is 22.9 Å². The SMILES string of the molecule is Cc1nc(CN(C)Cc2cc(F)cc(Br)c2)cs1. The Labute approximate surface area is 119 Å². The monoisotopic (exact) mass is 328 g/mol. The lowest BCUT2D eigenvalue weighted by molar-refractivity contribution is 0.315. The van der Waals surface area contributed by atoms with Crippen molar-refractivity contribution in [3.63, 3.8) is 0 Å². The molecular weight excluding hydrogens is 315 g/mol. The number of halogens is 2. The third-order valence-corrected chi connectivity index (χ3v) is 3.75. The van der Waals surface area contributed by atoms with Crippen LogP contribution in [0.15, 0.2) is 28.1 Å². The minimum absolute atomic E-state index is 0.211. The Kier molecular flexibility index (Phi) is 4.48. The number of hydrogen-bond donors (Lipinski definition) is 0. The van der Waals surface area contributed by atoms with Crippen molar-refractivity contribution in [2.75, 3.05) is 7.05 Å². The van der Waals surface area contributed by atoms with Crippen molar-refractivity contribution in [2.24, 2.45) is 0 Å². The van der Waals surface area contributed by atoms with E-state index in [1.807, 2.05) is 20.0 Å². The van der Waals surface area contributed by atoms with Crippen LogP contribution in [0.25, 0.3) is 0 Å². The van der Waals surface area contributed by atoms with Gasteiger partial charge in [0.05, 0.1) is 10.7 Å². The molecule has 96 valence electrons. The fourth-order valence-electron chi connectivity index (χ4n) is 1.83. The number of nitrogens with zero attached hydrogens (tertiary/aromatic N) is 2. The summed E-state index contributed by atoms with van der Waals surface area (Å²) in [6, 6.07) is 4.97. The normalized spacial score (nSPS) is 11.2. The highest BCUT2D eigenvalue weighted by Crippen LogP contribution is 2.17. The van der Waals surface area contributed by atoms with E-state index in [0.29, 0.717) is 6.54 Å². The summed E-state index contributed by atoms with van der Waals surface area (Å²) in [5.41, 5.74) is 2.02. The van der Waals surface area contributed by atoms with E-state index in [9.17, 15) is 4.39 Å². The van der Waals surface area contributed by atoms with Crippen LogP contribution in [0.5, 0.6) is 0 Å². The topological polar surface area (TPSA) is 16.1 Å². The van der Waals surface area contributed by atoms with E-state index < -0.39 is 0 Å². The molecule has 0 bridgehead atoms. The summed E-state index contributed by atoms with van der Waals surface area (Å²) in [5, 5.41) is 3.14. The first-order chi connectivity index (χ1) is 8.52. The summed E-state index contributed by atoms with van der Waals surface area (Å²) >= 11 is 4.96. The summed E-state index contributed by atoms with van der Waals surface area (Å²) in [6.07, 6.45) is 0. The molecule has 2 aromatic rings. The third kappa shape index (κ3) is 3.86. The van der Waals surface area contributed by atoms with E-state index in [2.05, 4.69) is 31.2 Å². The van der Waals surface area contributed by atoms with Crippen LogP contribution in [-0.4, -0.2) is 16.9 Å². The summed E-state index contributed by atoms with van der Waals surface area (Å²) in [5.74, 6) is -0.211. The van der Waals surface area contributed by atoms with E-state index in [1.165, 1.54) is 6.07 Å². The number of benzene rings is 1. The van der Waals surface area contributed by atoms with Crippen LogP contribution in [0.1, 0.15) is 16.3 Å².